The molecule has 30 heavy (non-hydrogen) atoms. The molecule has 4 N–H and O–H groups in total. The Balaban J connectivity index is 1.27. The molecule has 0 aliphatic heterocycles. The summed E-state index contributed by atoms with van der Waals surface area (Å²) in [7, 11) is 0. The van der Waals surface area contributed by atoms with Crippen molar-refractivity contribution in [3.8, 4) is 0 Å². The summed E-state index contributed by atoms with van der Waals surface area (Å²) in [6.45, 7) is 0. The van der Waals surface area contributed by atoms with Gasteiger partial charge in [-0.05, 0) is 60.8 Å². The number of aromatic nitrogens is 1. The standard InChI is InChI=1S/C24H27N3O2S/c25-24-27-21(15-30-24)14-22(28)26-20-10-7-16(8-11-20)12-17-6-9-19(13-17)23(29)18-4-2-1-3-5-18/h1-5,7-8,10-11,15,17,19,23,29H,6,9,12-14H2,(H2,25,27)(H,26,28)/t17-,19-,23+/m0/s1. The SMILES string of the molecule is Nc1nc(CC(=O)Nc2ccc(C[C@@H]3CC[C@H]([C@H](O)c4ccccc4)C3)cc2)cs1. The van der Waals surface area contributed by atoms with Gasteiger partial charge >= 0.3 is 0 Å². The maximum absolute atomic E-state index is 12.2. The van der Waals surface area contributed by atoms with Crippen LogP contribution in [0.5, 0.6) is 0 Å². The number of nitrogen functional groups attached to an aromatic ring is 1. The number of nitrogens with two attached hydrogens (primary N) is 1. The lowest BCUT2D eigenvalue weighted by Crippen LogP contribution is -2.14. The third-order valence-corrected chi connectivity index (χ3v) is 6.57. The highest BCUT2D eigenvalue weighted by atomic mass is 32.1. The molecule has 5 nitrogen and oxygen atoms in total. The first-order valence-electron chi connectivity index (χ1n) is 10.4. The number of nitrogens with one attached hydrogen (secondary N) is 1. The number of anilines is 2. The molecule has 0 bridgehead atoms. The number of aliphatic hydroxyl groups is 1. The highest BCUT2D eigenvalue weighted by Gasteiger charge is 2.30. The van der Waals surface area contributed by atoms with Gasteiger partial charge in [0, 0.05) is 11.1 Å². The molecule has 1 aromatic heterocycles. The lowest BCUT2D eigenvalue weighted by Gasteiger charge is -2.19. The minimum Gasteiger partial charge on any atom is -0.388 e. The summed E-state index contributed by atoms with van der Waals surface area (Å²) in [6.07, 6.45) is 4.11. The number of aliphatic hydroxyl groups excluding tert-OH is 1. The first kappa shape index (κ1) is 20.6. The second kappa shape index (κ2) is 9.41. The molecular formula is C24H27N3O2S. The van der Waals surface area contributed by atoms with E-state index in [2.05, 4.69) is 22.4 Å². The fraction of sp³-hybridized carbons (Fsp3) is 0.333. The molecule has 1 aliphatic rings. The zero-order chi connectivity index (χ0) is 20.9. The number of rotatable bonds is 7. The van der Waals surface area contributed by atoms with Crippen molar-refractivity contribution in [3.05, 3.63) is 76.8 Å². The Morgan fingerprint density at radius 1 is 1.17 bits per heavy atom. The van der Waals surface area contributed by atoms with Gasteiger partial charge in [0.05, 0.1) is 18.2 Å². The Hall–Kier alpha value is -2.70. The molecular weight excluding hydrogens is 394 g/mol. The van der Waals surface area contributed by atoms with E-state index in [1.165, 1.54) is 16.9 Å². The Kier molecular flexibility index (Phi) is 6.45. The van der Waals surface area contributed by atoms with Crippen molar-refractivity contribution in [3.63, 3.8) is 0 Å². The second-order valence-electron chi connectivity index (χ2n) is 8.10. The zero-order valence-electron chi connectivity index (χ0n) is 16.8. The van der Waals surface area contributed by atoms with Crippen LogP contribution in [0.4, 0.5) is 10.8 Å². The van der Waals surface area contributed by atoms with Gasteiger partial charge < -0.3 is 16.2 Å². The Bertz CT molecular complexity index is 972. The summed E-state index contributed by atoms with van der Waals surface area (Å²) in [5, 5.41) is 15.9. The average molecular weight is 422 g/mol. The fourth-order valence-corrected chi connectivity index (χ4v) is 4.90. The second-order valence-corrected chi connectivity index (χ2v) is 8.99. The molecule has 1 heterocycles. The smallest absolute Gasteiger partial charge is 0.230 e. The predicted octanol–water partition coefficient (Wildman–Crippen LogP) is 4.60. The number of benzene rings is 2. The molecule has 4 rings (SSSR count). The third-order valence-electron chi connectivity index (χ3n) is 5.84. The molecule has 6 heteroatoms. The van der Waals surface area contributed by atoms with Crippen LogP contribution in [0, 0.1) is 11.8 Å². The van der Waals surface area contributed by atoms with E-state index in [1.54, 1.807) is 0 Å². The van der Waals surface area contributed by atoms with Gasteiger partial charge in [-0.1, -0.05) is 42.5 Å². The highest BCUT2D eigenvalue weighted by Crippen LogP contribution is 2.40. The van der Waals surface area contributed by atoms with Crippen LogP contribution in [0.3, 0.4) is 0 Å². The van der Waals surface area contributed by atoms with Crippen molar-refractivity contribution < 1.29 is 9.90 Å². The van der Waals surface area contributed by atoms with Gasteiger partial charge in [0.2, 0.25) is 5.91 Å². The topological polar surface area (TPSA) is 88.2 Å². The van der Waals surface area contributed by atoms with E-state index in [1.807, 2.05) is 47.8 Å². The number of carbonyl (C=O) groups is 1. The van der Waals surface area contributed by atoms with Crippen molar-refractivity contribution in [2.75, 3.05) is 11.1 Å². The number of amides is 1. The third kappa shape index (κ3) is 5.26. The molecule has 156 valence electrons. The molecule has 1 aliphatic carbocycles. The Morgan fingerprint density at radius 2 is 1.93 bits per heavy atom. The summed E-state index contributed by atoms with van der Waals surface area (Å²) in [5.74, 6) is 0.821. The fourth-order valence-electron chi connectivity index (χ4n) is 4.34. The Labute approximate surface area is 181 Å². The monoisotopic (exact) mass is 421 g/mol. The molecule has 3 aromatic rings. The summed E-state index contributed by atoms with van der Waals surface area (Å²) >= 11 is 1.34. The van der Waals surface area contributed by atoms with Gasteiger partial charge in [0.15, 0.2) is 5.13 Å². The maximum atomic E-state index is 12.2. The molecule has 1 fully saturated rings. The number of nitrogens with zero attached hydrogens (tertiary/aromatic N) is 1. The lowest BCUT2D eigenvalue weighted by molar-refractivity contribution is -0.115. The van der Waals surface area contributed by atoms with E-state index in [9.17, 15) is 9.90 Å². The number of hydrogen-bond donors (Lipinski definition) is 3. The maximum Gasteiger partial charge on any atom is 0.230 e. The van der Waals surface area contributed by atoms with Gasteiger partial charge in [-0.2, -0.15) is 0 Å². The molecule has 1 saturated carbocycles. The predicted molar refractivity (Wildman–Crippen MR) is 121 cm³/mol. The van der Waals surface area contributed by atoms with E-state index < -0.39 is 0 Å². The quantitative estimate of drug-likeness (QED) is 0.520. The molecule has 0 radical (unpaired) electrons. The van der Waals surface area contributed by atoms with Crippen molar-refractivity contribution in [1.82, 2.24) is 4.98 Å². The molecule has 0 spiro atoms. The van der Waals surface area contributed by atoms with Gasteiger partial charge in [-0.25, -0.2) is 4.98 Å². The van der Waals surface area contributed by atoms with Crippen LogP contribution in [0.2, 0.25) is 0 Å². The van der Waals surface area contributed by atoms with Gasteiger partial charge in [-0.3, -0.25) is 4.79 Å². The van der Waals surface area contributed by atoms with E-state index in [0.29, 0.717) is 22.7 Å². The Morgan fingerprint density at radius 3 is 2.63 bits per heavy atom. The zero-order valence-corrected chi connectivity index (χ0v) is 17.6. The molecule has 2 aromatic carbocycles. The minimum atomic E-state index is -0.373. The summed E-state index contributed by atoms with van der Waals surface area (Å²) in [5.41, 5.74) is 9.37. The van der Waals surface area contributed by atoms with Crippen LogP contribution < -0.4 is 11.1 Å². The van der Waals surface area contributed by atoms with Gasteiger partial charge in [0.1, 0.15) is 0 Å². The van der Waals surface area contributed by atoms with E-state index >= 15 is 0 Å². The van der Waals surface area contributed by atoms with E-state index in [-0.39, 0.29) is 18.4 Å². The van der Waals surface area contributed by atoms with Crippen LogP contribution in [-0.4, -0.2) is 16.0 Å². The largest absolute Gasteiger partial charge is 0.388 e. The van der Waals surface area contributed by atoms with Gasteiger partial charge in [0.25, 0.3) is 0 Å². The van der Waals surface area contributed by atoms with Crippen molar-refractivity contribution in [2.24, 2.45) is 11.8 Å². The van der Waals surface area contributed by atoms with Crippen molar-refractivity contribution in [1.29, 1.82) is 0 Å². The summed E-state index contributed by atoms with van der Waals surface area (Å²) in [4.78, 5) is 16.3. The van der Waals surface area contributed by atoms with E-state index in [0.717, 1.165) is 36.9 Å². The number of hydrogen-bond acceptors (Lipinski definition) is 5. The summed E-state index contributed by atoms with van der Waals surface area (Å²) < 4.78 is 0. The van der Waals surface area contributed by atoms with Gasteiger partial charge in [-0.15, -0.1) is 11.3 Å². The van der Waals surface area contributed by atoms with Crippen LogP contribution in [-0.2, 0) is 17.6 Å². The molecule has 1 amide bonds. The summed E-state index contributed by atoms with van der Waals surface area (Å²) in [6, 6.07) is 18.0. The molecule has 0 unspecified atom stereocenters. The molecule has 0 saturated heterocycles. The van der Waals surface area contributed by atoms with Crippen molar-refractivity contribution >= 4 is 28.1 Å². The lowest BCUT2D eigenvalue weighted by atomic mass is 9.91. The number of carbonyl (C=O) groups excluding carboxylic acids is 1. The van der Waals surface area contributed by atoms with Crippen LogP contribution in [0.25, 0.3) is 0 Å². The van der Waals surface area contributed by atoms with Crippen LogP contribution in [0.15, 0.2) is 60.0 Å². The normalized spacial score (nSPS) is 19.5. The van der Waals surface area contributed by atoms with Crippen molar-refractivity contribution in [2.45, 2.75) is 38.2 Å². The van der Waals surface area contributed by atoms with Crippen LogP contribution >= 0.6 is 11.3 Å². The molecule has 3 atom stereocenters. The van der Waals surface area contributed by atoms with E-state index in [4.69, 9.17) is 5.73 Å². The first-order valence-corrected chi connectivity index (χ1v) is 11.3. The highest BCUT2D eigenvalue weighted by molar-refractivity contribution is 7.13. The van der Waals surface area contributed by atoms with Crippen LogP contribution in [0.1, 0.15) is 42.2 Å². The minimum absolute atomic E-state index is 0.0958. The first-order chi connectivity index (χ1) is 14.6. The average Bonchev–Trinajstić information content (AvgIpc) is 3.38. The number of thiazole rings is 1.